The predicted octanol–water partition coefficient (Wildman–Crippen LogP) is 3.19. The van der Waals surface area contributed by atoms with Crippen LogP contribution >= 0.6 is 0 Å². The second kappa shape index (κ2) is 5.67. The fraction of sp³-hybridized carbons (Fsp3) is 0.318. The van der Waals surface area contributed by atoms with Gasteiger partial charge in [0.2, 0.25) is 0 Å². The monoisotopic (exact) mass is 375 g/mol. The molecular weight excluding hydrogens is 354 g/mol. The van der Waals surface area contributed by atoms with Gasteiger partial charge >= 0.3 is 5.97 Å². The van der Waals surface area contributed by atoms with Crippen molar-refractivity contribution in [2.24, 2.45) is 0 Å². The molecule has 5 rings (SSSR count). The van der Waals surface area contributed by atoms with E-state index in [0.717, 1.165) is 39.1 Å². The number of esters is 1. The molecule has 4 heterocycles. The van der Waals surface area contributed by atoms with Crippen LogP contribution < -0.4 is 10.9 Å². The first-order valence-corrected chi connectivity index (χ1v) is 9.53. The van der Waals surface area contributed by atoms with E-state index in [2.05, 4.69) is 11.4 Å². The highest BCUT2D eigenvalue weighted by Gasteiger charge is 2.43. The van der Waals surface area contributed by atoms with Crippen LogP contribution in [-0.4, -0.2) is 22.6 Å². The summed E-state index contributed by atoms with van der Waals surface area (Å²) in [5.74, 6) is -0.268. The molecule has 0 amide bonds. The first-order chi connectivity index (χ1) is 13.5. The second-order valence-electron chi connectivity index (χ2n) is 7.69. The number of anilines is 1. The zero-order valence-electron chi connectivity index (χ0n) is 16.1. The smallest absolute Gasteiger partial charge is 0.316 e. The van der Waals surface area contributed by atoms with Gasteiger partial charge in [-0.1, -0.05) is 13.0 Å². The number of nitrogens with zero attached hydrogens (tertiary/aromatic N) is 2. The van der Waals surface area contributed by atoms with Crippen LogP contribution in [0.5, 0.6) is 0 Å². The van der Waals surface area contributed by atoms with Crippen LogP contribution in [0.15, 0.2) is 35.1 Å². The van der Waals surface area contributed by atoms with Crippen LogP contribution in [0.4, 0.5) is 5.69 Å². The molecule has 0 bridgehead atoms. The third-order valence-electron chi connectivity index (χ3n) is 6.28. The standard InChI is InChI=1S/C22H21N3O3/c1-4-22(2)15-9-18-19-12(8-13-16(23-3)6-5-7-17(13)24-19)10-25(18)20(26)14(15)11-28-21(22)27/h5-9,23H,4,10-11H2,1-3H3. The summed E-state index contributed by atoms with van der Waals surface area (Å²) in [5.41, 5.74) is 4.97. The molecule has 0 saturated heterocycles. The van der Waals surface area contributed by atoms with Gasteiger partial charge in [0, 0.05) is 23.7 Å². The van der Waals surface area contributed by atoms with Crippen molar-refractivity contribution in [3.05, 3.63) is 57.4 Å². The molecule has 0 aliphatic carbocycles. The van der Waals surface area contributed by atoms with E-state index in [1.54, 1.807) is 4.57 Å². The van der Waals surface area contributed by atoms with Crippen LogP contribution in [0, 0.1) is 0 Å². The Hall–Kier alpha value is -3.15. The number of nitrogens with one attached hydrogen (secondary N) is 1. The maximum absolute atomic E-state index is 13.2. The molecular formula is C22H21N3O3. The third kappa shape index (κ3) is 2.06. The van der Waals surface area contributed by atoms with E-state index < -0.39 is 5.41 Å². The predicted molar refractivity (Wildman–Crippen MR) is 108 cm³/mol. The van der Waals surface area contributed by atoms with Crippen molar-refractivity contribution in [3.8, 4) is 11.4 Å². The molecule has 1 aromatic carbocycles. The minimum Gasteiger partial charge on any atom is -0.460 e. The zero-order valence-corrected chi connectivity index (χ0v) is 16.1. The number of benzene rings is 1. The molecule has 0 fully saturated rings. The zero-order chi connectivity index (χ0) is 19.6. The number of cyclic esters (lactones) is 1. The minimum absolute atomic E-state index is 0.0402. The molecule has 6 nitrogen and oxygen atoms in total. The first-order valence-electron chi connectivity index (χ1n) is 9.53. The van der Waals surface area contributed by atoms with E-state index in [4.69, 9.17) is 9.72 Å². The molecule has 0 spiro atoms. The van der Waals surface area contributed by atoms with Crippen LogP contribution in [0.1, 0.15) is 37.0 Å². The Labute approximate surface area is 162 Å². The van der Waals surface area contributed by atoms with E-state index in [1.807, 2.05) is 45.2 Å². The summed E-state index contributed by atoms with van der Waals surface area (Å²) in [6.07, 6.45) is 0.575. The quantitative estimate of drug-likeness (QED) is 0.545. The molecule has 3 aromatic rings. The molecule has 1 atom stereocenters. The molecule has 0 radical (unpaired) electrons. The fourth-order valence-corrected chi connectivity index (χ4v) is 4.38. The SMILES string of the molecule is CCC1(C)C(=O)OCc2c1cc1n(c2=O)Cc2cc3c(NC)cccc3nc2-1. The molecule has 0 saturated carbocycles. The third-order valence-corrected chi connectivity index (χ3v) is 6.28. The van der Waals surface area contributed by atoms with E-state index in [0.29, 0.717) is 18.5 Å². The Morgan fingerprint density at radius 2 is 2.11 bits per heavy atom. The molecule has 2 aliphatic rings. The summed E-state index contributed by atoms with van der Waals surface area (Å²) in [4.78, 5) is 30.6. The van der Waals surface area contributed by atoms with Crippen LogP contribution in [0.2, 0.25) is 0 Å². The van der Waals surface area contributed by atoms with Gasteiger partial charge in [0.05, 0.1) is 34.4 Å². The topological polar surface area (TPSA) is 73.2 Å². The Morgan fingerprint density at radius 3 is 2.86 bits per heavy atom. The maximum Gasteiger partial charge on any atom is 0.316 e. The van der Waals surface area contributed by atoms with Crippen LogP contribution in [0.25, 0.3) is 22.3 Å². The number of aromatic nitrogens is 2. The van der Waals surface area contributed by atoms with E-state index in [9.17, 15) is 9.59 Å². The average Bonchev–Trinajstić information content (AvgIpc) is 3.07. The normalized spacial score (nSPS) is 19.8. The molecule has 2 aliphatic heterocycles. The highest BCUT2D eigenvalue weighted by molar-refractivity contribution is 5.94. The van der Waals surface area contributed by atoms with Gasteiger partial charge in [-0.2, -0.15) is 0 Å². The summed E-state index contributed by atoms with van der Waals surface area (Å²) in [7, 11) is 1.89. The fourth-order valence-electron chi connectivity index (χ4n) is 4.38. The van der Waals surface area contributed by atoms with Gasteiger partial charge in [-0.3, -0.25) is 9.59 Å². The number of carbonyl (C=O) groups excluding carboxylic acids is 1. The van der Waals surface area contributed by atoms with Crippen molar-refractivity contribution < 1.29 is 9.53 Å². The Balaban J connectivity index is 1.79. The summed E-state index contributed by atoms with van der Waals surface area (Å²) in [5, 5.41) is 4.23. The molecule has 142 valence electrons. The number of rotatable bonds is 2. The lowest BCUT2D eigenvalue weighted by Crippen LogP contribution is -2.42. The van der Waals surface area contributed by atoms with Gasteiger partial charge in [0.1, 0.15) is 6.61 Å². The number of pyridine rings is 2. The summed E-state index contributed by atoms with van der Waals surface area (Å²) < 4.78 is 7.10. The highest BCUT2D eigenvalue weighted by Crippen LogP contribution is 2.40. The van der Waals surface area contributed by atoms with Gasteiger partial charge in [-0.15, -0.1) is 0 Å². The van der Waals surface area contributed by atoms with Crippen molar-refractivity contribution in [1.82, 2.24) is 9.55 Å². The van der Waals surface area contributed by atoms with Gasteiger partial charge in [-0.05, 0) is 43.2 Å². The van der Waals surface area contributed by atoms with E-state index in [-0.39, 0.29) is 18.1 Å². The van der Waals surface area contributed by atoms with Crippen molar-refractivity contribution in [1.29, 1.82) is 0 Å². The van der Waals surface area contributed by atoms with Crippen molar-refractivity contribution >= 4 is 22.6 Å². The molecule has 6 heteroatoms. The Kier molecular flexibility index (Phi) is 3.44. The largest absolute Gasteiger partial charge is 0.460 e. The van der Waals surface area contributed by atoms with Gasteiger partial charge in [0.15, 0.2) is 0 Å². The van der Waals surface area contributed by atoms with Crippen molar-refractivity contribution in [3.63, 3.8) is 0 Å². The van der Waals surface area contributed by atoms with Crippen LogP contribution in [0.3, 0.4) is 0 Å². The van der Waals surface area contributed by atoms with Crippen molar-refractivity contribution in [2.75, 3.05) is 12.4 Å². The summed E-state index contributed by atoms with van der Waals surface area (Å²) >= 11 is 0. The molecule has 2 aromatic heterocycles. The van der Waals surface area contributed by atoms with Gasteiger partial charge < -0.3 is 14.6 Å². The molecule has 1 unspecified atom stereocenters. The maximum atomic E-state index is 13.2. The number of ether oxygens (including phenoxy) is 1. The Morgan fingerprint density at radius 1 is 1.29 bits per heavy atom. The summed E-state index contributed by atoms with van der Waals surface area (Å²) in [6.45, 7) is 4.32. The highest BCUT2D eigenvalue weighted by atomic mass is 16.5. The molecule has 28 heavy (non-hydrogen) atoms. The van der Waals surface area contributed by atoms with E-state index in [1.165, 1.54) is 0 Å². The lowest BCUT2D eigenvalue weighted by Gasteiger charge is -2.33. The average molecular weight is 375 g/mol. The number of hydrogen-bond donors (Lipinski definition) is 1. The number of carbonyl (C=O) groups is 1. The minimum atomic E-state index is -0.804. The number of hydrogen-bond acceptors (Lipinski definition) is 5. The van der Waals surface area contributed by atoms with Crippen LogP contribution in [-0.2, 0) is 28.1 Å². The number of fused-ring (bicyclic) bond motifs is 5. The lowest BCUT2D eigenvalue weighted by molar-refractivity contribution is -0.153. The summed E-state index contributed by atoms with van der Waals surface area (Å²) in [6, 6.07) is 10.0. The van der Waals surface area contributed by atoms with Crippen molar-refractivity contribution in [2.45, 2.75) is 38.8 Å². The molecule has 1 N–H and O–H groups in total. The van der Waals surface area contributed by atoms with Gasteiger partial charge in [-0.25, -0.2) is 4.98 Å². The second-order valence-corrected chi connectivity index (χ2v) is 7.69. The Bertz CT molecular complexity index is 1230. The lowest BCUT2D eigenvalue weighted by atomic mass is 9.76. The van der Waals surface area contributed by atoms with E-state index >= 15 is 0 Å². The van der Waals surface area contributed by atoms with Gasteiger partial charge in [0.25, 0.3) is 5.56 Å². The first kappa shape index (κ1) is 17.0.